The summed E-state index contributed by atoms with van der Waals surface area (Å²) in [7, 11) is 0. The molecule has 2 rings (SSSR count). The number of carbonyl (C=O) groups excluding carboxylic acids is 1. The molecule has 80 valence electrons. The third kappa shape index (κ3) is 1.20. The van der Waals surface area contributed by atoms with E-state index in [0.717, 1.165) is 4.90 Å². The second-order valence-electron chi connectivity index (χ2n) is 3.89. The van der Waals surface area contributed by atoms with Gasteiger partial charge in [0.15, 0.2) is 0 Å². The van der Waals surface area contributed by atoms with Crippen LogP contribution in [0.1, 0.15) is 19.3 Å². The molecule has 0 aromatic carbocycles. The molecule has 14 heavy (non-hydrogen) atoms. The van der Waals surface area contributed by atoms with Crippen molar-refractivity contribution >= 4 is 5.91 Å². The number of likely N-dealkylation sites (tertiary alicyclic amines) is 1. The van der Waals surface area contributed by atoms with Crippen LogP contribution in [0.5, 0.6) is 0 Å². The first kappa shape index (κ1) is 9.76. The van der Waals surface area contributed by atoms with Crippen molar-refractivity contribution in [3.8, 4) is 0 Å². The number of aliphatic hydroxyl groups excluding tert-OH is 1. The van der Waals surface area contributed by atoms with Crippen molar-refractivity contribution in [3.05, 3.63) is 0 Å². The molecular weight excluding hydrogens is 199 g/mol. The second-order valence-corrected chi connectivity index (χ2v) is 3.89. The molecule has 6 heteroatoms. The van der Waals surface area contributed by atoms with Gasteiger partial charge < -0.3 is 10.0 Å². The molecule has 1 amide bonds. The summed E-state index contributed by atoms with van der Waals surface area (Å²) in [6.45, 7) is -0.182. The fraction of sp³-hybridized carbons (Fsp3) is 0.875. The topological polar surface area (TPSA) is 40.5 Å². The lowest BCUT2D eigenvalue weighted by molar-refractivity contribution is -0.197. The molecule has 1 saturated heterocycles. The Labute approximate surface area is 78.5 Å². The van der Waals surface area contributed by atoms with Gasteiger partial charge in [-0.15, -0.1) is 0 Å². The van der Waals surface area contributed by atoms with E-state index in [9.17, 15) is 18.0 Å². The van der Waals surface area contributed by atoms with Crippen molar-refractivity contribution in [3.63, 3.8) is 0 Å². The Bertz CT molecular complexity index is 272. The third-order valence-electron chi connectivity index (χ3n) is 2.87. The highest BCUT2D eigenvalue weighted by atomic mass is 19.4. The molecule has 1 N–H and O–H groups in total. The Hall–Kier alpha value is -0.780. The van der Waals surface area contributed by atoms with Gasteiger partial charge in [-0.05, 0) is 12.8 Å². The zero-order chi connectivity index (χ0) is 10.6. The Morgan fingerprint density at radius 2 is 2.00 bits per heavy atom. The number of alkyl halides is 3. The highest BCUT2D eigenvalue weighted by Crippen LogP contribution is 2.54. The van der Waals surface area contributed by atoms with Crippen LogP contribution < -0.4 is 0 Å². The zero-order valence-electron chi connectivity index (χ0n) is 7.34. The molecule has 0 aromatic rings. The van der Waals surface area contributed by atoms with Crippen molar-refractivity contribution in [2.75, 3.05) is 6.54 Å². The van der Waals surface area contributed by atoms with Gasteiger partial charge in [-0.3, -0.25) is 4.79 Å². The van der Waals surface area contributed by atoms with Gasteiger partial charge in [0.25, 0.3) is 0 Å². The van der Waals surface area contributed by atoms with Crippen LogP contribution in [0.2, 0.25) is 0 Å². The standard InChI is InChI=1S/C8H10F3NO2/c9-8(10,11)7(1-2-7)12-4-5(13)3-6(12)14/h5,13H,1-4H2. The van der Waals surface area contributed by atoms with Gasteiger partial charge in [-0.25, -0.2) is 0 Å². The third-order valence-corrected chi connectivity index (χ3v) is 2.87. The lowest BCUT2D eigenvalue weighted by atomic mass is 10.2. The molecule has 1 atom stereocenters. The Balaban J connectivity index is 2.20. The quantitative estimate of drug-likeness (QED) is 0.689. The van der Waals surface area contributed by atoms with Gasteiger partial charge in [0.05, 0.1) is 12.5 Å². The summed E-state index contributed by atoms with van der Waals surface area (Å²) < 4.78 is 37.7. The number of hydrogen-bond donors (Lipinski definition) is 1. The summed E-state index contributed by atoms with van der Waals surface area (Å²) in [6, 6.07) is 0. The van der Waals surface area contributed by atoms with Crippen molar-refractivity contribution in [1.29, 1.82) is 0 Å². The molecule has 0 radical (unpaired) electrons. The molecule has 0 aromatic heterocycles. The molecule has 2 aliphatic rings. The predicted molar refractivity (Wildman–Crippen MR) is 40.4 cm³/mol. The van der Waals surface area contributed by atoms with Gasteiger partial charge in [-0.2, -0.15) is 13.2 Å². The summed E-state index contributed by atoms with van der Waals surface area (Å²) in [5.41, 5.74) is -1.96. The smallest absolute Gasteiger partial charge is 0.391 e. The van der Waals surface area contributed by atoms with Crippen LogP contribution in [-0.2, 0) is 4.79 Å². The number of amides is 1. The van der Waals surface area contributed by atoms with Crippen LogP contribution >= 0.6 is 0 Å². The van der Waals surface area contributed by atoms with Gasteiger partial charge in [-0.1, -0.05) is 0 Å². The van der Waals surface area contributed by atoms with Gasteiger partial charge in [0.1, 0.15) is 5.54 Å². The van der Waals surface area contributed by atoms with E-state index in [2.05, 4.69) is 0 Å². The average Bonchev–Trinajstić information content (AvgIpc) is 2.73. The Morgan fingerprint density at radius 3 is 2.29 bits per heavy atom. The van der Waals surface area contributed by atoms with Crippen molar-refractivity contribution < 1.29 is 23.1 Å². The summed E-state index contributed by atoms with van der Waals surface area (Å²) in [5, 5.41) is 9.10. The first-order valence-corrected chi connectivity index (χ1v) is 4.42. The monoisotopic (exact) mass is 209 g/mol. The number of carbonyl (C=O) groups is 1. The van der Waals surface area contributed by atoms with E-state index in [1.807, 2.05) is 0 Å². The maximum Gasteiger partial charge on any atom is 0.411 e. The first-order valence-electron chi connectivity index (χ1n) is 4.42. The van der Waals surface area contributed by atoms with E-state index in [0.29, 0.717) is 0 Å². The minimum atomic E-state index is -4.37. The Morgan fingerprint density at radius 1 is 1.43 bits per heavy atom. The van der Waals surface area contributed by atoms with Gasteiger partial charge >= 0.3 is 6.18 Å². The molecule has 1 aliphatic heterocycles. The normalized spacial score (nSPS) is 31.0. The molecule has 1 heterocycles. The number of nitrogens with zero attached hydrogens (tertiary/aromatic N) is 1. The van der Waals surface area contributed by atoms with E-state index in [4.69, 9.17) is 5.11 Å². The van der Waals surface area contributed by atoms with Crippen LogP contribution in [0, 0.1) is 0 Å². The summed E-state index contributed by atoms with van der Waals surface area (Å²) >= 11 is 0. The molecular formula is C8H10F3NO2. The van der Waals surface area contributed by atoms with Crippen LogP contribution in [0.25, 0.3) is 0 Å². The van der Waals surface area contributed by atoms with Crippen LogP contribution in [0.4, 0.5) is 13.2 Å². The fourth-order valence-electron chi connectivity index (χ4n) is 1.93. The lowest BCUT2D eigenvalue weighted by Crippen LogP contribution is -2.49. The maximum absolute atomic E-state index is 12.6. The van der Waals surface area contributed by atoms with E-state index >= 15 is 0 Å². The van der Waals surface area contributed by atoms with Crippen LogP contribution in [0.15, 0.2) is 0 Å². The summed E-state index contributed by atoms with van der Waals surface area (Å²) in [5.74, 6) is -0.590. The van der Waals surface area contributed by atoms with E-state index in [-0.39, 0.29) is 25.8 Å². The molecule has 1 aliphatic carbocycles. The van der Waals surface area contributed by atoms with Gasteiger partial charge in [0, 0.05) is 6.54 Å². The zero-order valence-corrected chi connectivity index (χ0v) is 7.34. The minimum absolute atomic E-state index is 0.0328. The molecule has 2 fully saturated rings. The molecule has 1 saturated carbocycles. The fourth-order valence-corrected chi connectivity index (χ4v) is 1.93. The van der Waals surface area contributed by atoms with E-state index in [1.54, 1.807) is 0 Å². The van der Waals surface area contributed by atoms with E-state index < -0.39 is 23.7 Å². The minimum Gasteiger partial charge on any atom is -0.391 e. The number of rotatable bonds is 1. The number of halogens is 3. The summed E-state index contributed by atoms with van der Waals surface area (Å²) in [6.07, 6.45) is -5.56. The Kier molecular flexibility index (Phi) is 1.83. The second kappa shape index (κ2) is 2.62. The molecule has 0 spiro atoms. The molecule has 1 unspecified atom stereocenters. The number of hydrogen-bond acceptors (Lipinski definition) is 2. The molecule has 3 nitrogen and oxygen atoms in total. The maximum atomic E-state index is 12.6. The SMILES string of the molecule is O=C1CC(O)CN1C1(C(F)(F)F)CC1. The number of aliphatic hydroxyl groups is 1. The van der Waals surface area contributed by atoms with Crippen molar-refractivity contribution in [2.45, 2.75) is 37.1 Å². The summed E-state index contributed by atoms with van der Waals surface area (Å²) in [4.78, 5) is 12.0. The first-order chi connectivity index (χ1) is 6.37. The largest absolute Gasteiger partial charge is 0.411 e. The van der Waals surface area contributed by atoms with Crippen LogP contribution in [0.3, 0.4) is 0 Å². The average molecular weight is 209 g/mol. The van der Waals surface area contributed by atoms with Gasteiger partial charge in [0.2, 0.25) is 5.91 Å². The van der Waals surface area contributed by atoms with Crippen LogP contribution in [-0.4, -0.2) is 40.3 Å². The lowest BCUT2D eigenvalue weighted by Gasteiger charge is -2.29. The predicted octanol–water partition coefficient (Wildman–Crippen LogP) is 0.674. The highest BCUT2D eigenvalue weighted by molar-refractivity contribution is 5.80. The van der Waals surface area contributed by atoms with Crippen molar-refractivity contribution in [1.82, 2.24) is 4.90 Å². The van der Waals surface area contributed by atoms with Crippen molar-refractivity contribution in [2.24, 2.45) is 0 Å². The van der Waals surface area contributed by atoms with E-state index in [1.165, 1.54) is 0 Å². The highest BCUT2D eigenvalue weighted by Gasteiger charge is 2.68. The number of β-amino-alcohol motifs (C(OH)–C–C–N with tert-alkyl or cyclic N) is 1. The molecule has 0 bridgehead atoms.